The summed E-state index contributed by atoms with van der Waals surface area (Å²) in [6.07, 6.45) is 1.62. The van der Waals surface area contributed by atoms with Crippen molar-refractivity contribution in [3.63, 3.8) is 0 Å². The Balaban J connectivity index is 1.52. The molecule has 0 saturated carbocycles. The SMILES string of the molecule is N[C@@H]1CN(C(=O)Cn2ncc3ccccc3c2=O)C[C@H]1c1ccccc1. The lowest BCUT2D eigenvalue weighted by atomic mass is 9.95. The van der Waals surface area contributed by atoms with Gasteiger partial charge in [-0.2, -0.15) is 5.10 Å². The van der Waals surface area contributed by atoms with Crippen LogP contribution in [0.5, 0.6) is 0 Å². The molecule has 2 heterocycles. The van der Waals surface area contributed by atoms with E-state index in [1.54, 1.807) is 23.2 Å². The summed E-state index contributed by atoms with van der Waals surface area (Å²) in [5.74, 6) is -0.0230. The summed E-state index contributed by atoms with van der Waals surface area (Å²) >= 11 is 0. The maximum atomic E-state index is 12.7. The van der Waals surface area contributed by atoms with Crippen molar-refractivity contribution in [2.24, 2.45) is 5.73 Å². The zero-order chi connectivity index (χ0) is 18.1. The largest absolute Gasteiger partial charge is 0.339 e. The molecule has 6 nitrogen and oxygen atoms in total. The van der Waals surface area contributed by atoms with E-state index in [9.17, 15) is 9.59 Å². The molecule has 1 amide bonds. The van der Waals surface area contributed by atoms with Crippen molar-refractivity contribution < 1.29 is 4.79 Å². The molecule has 0 bridgehead atoms. The standard InChI is InChI=1S/C20H20N4O2/c21-18-12-23(11-17(18)14-6-2-1-3-7-14)19(25)13-24-20(26)16-9-5-4-8-15(16)10-22-24/h1-10,17-18H,11-13,21H2/t17-,18+/m0/s1. The normalized spacial score (nSPS) is 19.8. The summed E-state index contributed by atoms with van der Waals surface area (Å²) in [4.78, 5) is 27.0. The smallest absolute Gasteiger partial charge is 0.275 e. The highest BCUT2D eigenvalue weighted by Crippen LogP contribution is 2.26. The Morgan fingerprint density at radius 2 is 1.81 bits per heavy atom. The quantitative estimate of drug-likeness (QED) is 0.775. The maximum absolute atomic E-state index is 12.7. The van der Waals surface area contributed by atoms with E-state index >= 15 is 0 Å². The zero-order valence-electron chi connectivity index (χ0n) is 14.3. The van der Waals surface area contributed by atoms with E-state index in [2.05, 4.69) is 5.10 Å². The van der Waals surface area contributed by atoms with Gasteiger partial charge in [0.1, 0.15) is 6.54 Å². The highest BCUT2D eigenvalue weighted by molar-refractivity contribution is 5.81. The molecule has 132 valence electrons. The number of carbonyl (C=O) groups excluding carboxylic acids is 1. The molecule has 1 saturated heterocycles. The Kier molecular flexibility index (Phi) is 4.26. The summed E-state index contributed by atoms with van der Waals surface area (Å²) in [6, 6.07) is 17.1. The number of rotatable bonds is 3. The van der Waals surface area contributed by atoms with Crippen molar-refractivity contribution in [3.05, 3.63) is 76.7 Å². The summed E-state index contributed by atoms with van der Waals surface area (Å²) in [6.45, 7) is 0.977. The van der Waals surface area contributed by atoms with Crippen LogP contribution in [0.3, 0.4) is 0 Å². The molecule has 2 N–H and O–H groups in total. The topological polar surface area (TPSA) is 81.2 Å². The third-order valence-corrected chi connectivity index (χ3v) is 4.99. The summed E-state index contributed by atoms with van der Waals surface area (Å²) < 4.78 is 1.23. The highest BCUT2D eigenvalue weighted by atomic mass is 16.2. The van der Waals surface area contributed by atoms with Gasteiger partial charge < -0.3 is 10.6 Å². The van der Waals surface area contributed by atoms with Gasteiger partial charge in [0.05, 0.1) is 11.6 Å². The molecule has 0 aliphatic carbocycles. The van der Waals surface area contributed by atoms with E-state index < -0.39 is 0 Å². The van der Waals surface area contributed by atoms with Gasteiger partial charge in [-0.05, 0) is 11.6 Å². The second-order valence-electron chi connectivity index (χ2n) is 6.67. The molecule has 1 fully saturated rings. The molecule has 6 heteroatoms. The van der Waals surface area contributed by atoms with E-state index in [1.165, 1.54) is 4.68 Å². The van der Waals surface area contributed by atoms with Crippen molar-refractivity contribution in [2.45, 2.75) is 18.5 Å². The van der Waals surface area contributed by atoms with Gasteiger partial charge >= 0.3 is 0 Å². The molecule has 26 heavy (non-hydrogen) atoms. The minimum Gasteiger partial charge on any atom is -0.339 e. The lowest BCUT2D eigenvalue weighted by Gasteiger charge is -2.17. The Bertz CT molecular complexity index is 999. The van der Waals surface area contributed by atoms with E-state index in [-0.39, 0.29) is 30.0 Å². The van der Waals surface area contributed by atoms with Crippen LogP contribution in [0.15, 0.2) is 65.6 Å². The van der Waals surface area contributed by atoms with Crippen molar-refractivity contribution in [1.29, 1.82) is 0 Å². The van der Waals surface area contributed by atoms with Crippen LogP contribution in [0.4, 0.5) is 0 Å². The van der Waals surface area contributed by atoms with E-state index in [4.69, 9.17) is 5.73 Å². The first-order valence-electron chi connectivity index (χ1n) is 8.66. The van der Waals surface area contributed by atoms with Crippen LogP contribution < -0.4 is 11.3 Å². The second-order valence-corrected chi connectivity index (χ2v) is 6.67. The lowest BCUT2D eigenvalue weighted by molar-refractivity contribution is -0.131. The average molecular weight is 348 g/mol. The zero-order valence-corrected chi connectivity index (χ0v) is 14.3. The van der Waals surface area contributed by atoms with E-state index in [0.29, 0.717) is 18.5 Å². The van der Waals surface area contributed by atoms with Gasteiger partial charge in [0.15, 0.2) is 0 Å². The van der Waals surface area contributed by atoms with E-state index in [0.717, 1.165) is 10.9 Å². The fourth-order valence-corrected chi connectivity index (χ4v) is 3.55. The van der Waals surface area contributed by atoms with Crippen LogP contribution in [0.2, 0.25) is 0 Å². The van der Waals surface area contributed by atoms with Crippen molar-refractivity contribution >= 4 is 16.7 Å². The molecular formula is C20H20N4O2. The Hall–Kier alpha value is -2.99. The molecule has 1 aliphatic heterocycles. The van der Waals surface area contributed by atoms with Gasteiger partial charge in [0, 0.05) is 30.4 Å². The molecule has 3 aromatic rings. The average Bonchev–Trinajstić information content (AvgIpc) is 3.07. The third-order valence-electron chi connectivity index (χ3n) is 4.99. The summed E-state index contributed by atoms with van der Waals surface area (Å²) in [7, 11) is 0. The van der Waals surface area contributed by atoms with Crippen molar-refractivity contribution in [2.75, 3.05) is 13.1 Å². The number of nitrogens with two attached hydrogens (primary N) is 1. The van der Waals surface area contributed by atoms with Crippen LogP contribution in [0.25, 0.3) is 10.8 Å². The number of nitrogens with zero attached hydrogens (tertiary/aromatic N) is 3. The summed E-state index contributed by atoms with van der Waals surface area (Å²) in [5.41, 5.74) is 7.14. The number of fused-ring (bicyclic) bond motifs is 1. The molecular weight excluding hydrogens is 328 g/mol. The van der Waals surface area contributed by atoms with Crippen LogP contribution in [0.1, 0.15) is 11.5 Å². The summed E-state index contributed by atoms with van der Waals surface area (Å²) in [5, 5.41) is 5.48. The number of aromatic nitrogens is 2. The molecule has 0 radical (unpaired) electrons. The molecule has 0 unspecified atom stereocenters. The minimum atomic E-state index is -0.250. The predicted molar refractivity (Wildman–Crippen MR) is 99.7 cm³/mol. The van der Waals surface area contributed by atoms with Crippen molar-refractivity contribution in [3.8, 4) is 0 Å². The maximum Gasteiger partial charge on any atom is 0.275 e. The third kappa shape index (κ3) is 2.99. The molecule has 1 aromatic heterocycles. The minimum absolute atomic E-state index is 0.0715. The van der Waals surface area contributed by atoms with Crippen LogP contribution in [-0.2, 0) is 11.3 Å². The lowest BCUT2D eigenvalue weighted by Crippen LogP contribution is -2.37. The van der Waals surface area contributed by atoms with Gasteiger partial charge in [-0.3, -0.25) is 9.59 Å². The van der Waals surface area contributed by atoms with Gasteiger partial charge in [0.2, 0.25) is 5.91 Å². The first-order chi connectivity index (χ1) is 12.6. The number of hydrogen-bond acceptors (Lipinski definition) is 4. The van der Waals surface area contributed by atoms with Crippen molar-refractivity contribution in [1.82, 2.24) is 14.7 Å². The first kappa shape index (κ1) is 16.5. The van der Waals surface area contributed by atoms with Crippen LogP contribution in [-0.4, -0.2) is 39.7 Å². The van der Waals surface area contributed by atoms with Gasteiger partial charge in [0.25, 0.3) is 5.56 Å². The highest BCUT2D eigenvalue weighted by Gasteiger charge is 2.33. The number of benzene rings is 2. The number of carbonyl (C=O) groups is 1. The Labute approximate surface area is 150 Å². The number of amides is 1. The Morgan fingerprint density at radius 3 is 2.62 bits per heavy atom. The second kappa shape index (κ2) is 6.72. The van der Waals surface area contributed by atoms with Crippen LogP contribution in [0, 0.1) is 0 Å². The predicted octanol–water partition coefficient (Wildman–Crippen LogP) is 1.35. The molecule has 0 spiro atoms. The van der Waals surface area contributed by atoms with Gasteiger partial charge in [-0.1, -0.05) is 48.5 Å². The first-order valence-corrected chi connectivity index (χ1v) is 8.66. The Morgan fingerprint density at radius 1 is 1.08 bits per heavy atom. The number of likely N-dealkylation sites (tertiary alicyclic amines) is 1. The fourth-order valence-electron chi connectivity index (χ4n) is 3.55. The van der Waals surface area contributed by atoms with E-state index in [1.807, 2.05) is 42.5 Å². The fraction of sp³-hybridized carbons (Fsp3) is 0.250. The van der Waals surface area contributed by atoms with Gasteiger partial charge in [-0.25, -0.2) is 4.68 Å². The number of hydrogen-bond donors (Lipinski definition) is 1. The monoisotopic (exact) mass is 348 g/mol. The molecule has 1 aliphatic rings. The molecule has 2 atom stereocenters. The van der Waals surface area contributed by atoms with Gasteiger partial charge in [-0.15, -0.1) is 0 Å². The molecule has 2 aromatic carbocycles. The van der Waals surface area contributed by atoms with Crippen LogP contribution >= 0.6 is 0 Å². The molecule has 4 rings (SSSR count).